The van der Waals surface area contributed by atoms with Crippen molar-refractivity contribution in [3.8, 4) is 17.2 Å². The minimum atomic E-state index is 0.0332. The Balaban J connectivity index is 1.43. The van der Waals surface area contributed by atoms with Gasteiger partial charge in [0.25, 0.3) is 5.91 Å². The second kappa shape index (κ2) is 10.7. The van der Waals surface area contributed by atoms with Gasteiger partial charge >= 0.3 is 0 Å². The third-order valence-corrected chi connectivity index (χ3v) is 6.68. The molecule has 0 aromatic heterocycles. The van der Waals surface area contributed by atoms with Crippen LogP contribution in [-0.2, 0) is 6.61 Å². The maximum atomic E-state index is 13.3. The van der Waals surface area contributed by atoms with Gasteiger partial charge in [-0.3, -0.25) is 4.79 Å². The first-order valence-electron chi connectivity index (χ1n) is 12.0. The number of rotatable bonds is 7. The maximum absolute atomic E-state index is 13.3. The molecule has 0 N–H and O–H groups in total. The topological polar surface area (TPSA) is 51.2 Å². The van der Waals surface area contributed by atoms with E-state index in [-0.39, 0.29) is 5.91 Å². The van der Waals surface area contributed by atoms with Crippen LogP contribution in [0.4, 0.5) is 5.69 Å². The van der Waals surface area contributed by atoms with Crippen molar-refractivity contribution in [2.24, 2.45) is 0 Å². The van der Waals surface area contributed by atoms with Crippen LogP contribution < -0.4 is 19.1 Å². The number of carbonyl (C=O) groups is 1. The molecule has 6 heteroatoms. The Morgan fingerprint density at radius 2 is 1.54 bits per heavy atom. The molecule has 35 heavy (non-hydrogen) atoms. The van der Waals surface area contributed by atoms with Gasteiger partial charge in [-0.1, -0.05) is 6.07 Å². The van der Waals surface area contributed by atoms with E-state index >= 15 is 0 Å². The zero-order chi connectivity index (χ0) is 24.9. The Hall–Kier alpha value is -3.67. The quantitative estimate of drug-likeness (QED) is 0.473. The minimum absolute atomic E-state index is 0.0332. The predicted octanol–water partition coefficient (Wildman–Crippen LogP) is 5.17. The zero-order valence-electron chi connectivity index (χ0n) is 21.3. The Kier molecular flexibility index (Phi) is 7.49. The number of ether oxygens (including phenoxy) is 3. The molecule has 4 rings (SSSR count). The van der Waals surface area contributed by atoms with Gasteiger partial charge in [0.1, 0.15) is 23.9 Å². The third kappa shape index (κ3) is 5.53. The monoisotopic (exact) mass is 474 g/mol. The van der Waals surface area contributed by atoms with E-state index < -0.39 is 0 Å². The Morgan fingerprint density at radius 1 is 0.829 bits per heavy atom. The Bertz CT molecular complexity index is 1180. The van der Waals surface area contributed by atoms with Crippen molar-refractivity contribution in [2.45, 2.75) is 27.4 Å². The van der Waals surface area contributed by atoms with Crippen LogP contribution in [0.15, 0.2) is 54.6 Å². The van der Waals surface area contributed by atoms with E-state index in [0.29, 0.717) is 31.0 Å². The van der Waals surface area contributed by atoms with E-state index in [2.05, 4.69) is 43.9 Å². The summed E-state index contributed by atoms with van der Waals surface area (Å²) in [5.74, 6) is 2.45. The molecule has 3 aromatic carbocycles. The molecule has 184 valence electrons. The lowest BCUT2D eigenvalue weighted by Crippen LogP contribution is -2.48. The number of amides is 1. The largest absolute Gasteiger partial charge is 0.497 e. The fourth-order valence-electron chi connectivity index (χ4n) is 4.47. The van der Waals surface area contributed by atoms with Gasteiger partial charge in [0.05, 0.1) is 14.2 Å². The van der Waals surface area contributed by atoms with Crippen molar-refractivity contribution in [2.75, 3.05) is 45.3 Å². The summed E-state index contributed by atoms with van der Waals surface area (Å²) in [7, 11) is 3.31. The van der Waals surface area contributed by atoms with Crippen LogP contribution in [0.3, 0.4) is 0 Å². The van der Waals surface area contributed by atoms with E-state index in [1.54, 1.807) is 14.2 Å². The number of carbonyl (C=O) groups excluding carboxylic acids is 1. The van der Waals surface area contributed by atoms with E-state index in [1.807, 2.05) is 41.3 Å². The molecular weight excluding hydrogens is 440 g/mol. The highest BCUT2D eigenvalue weighted by molar-refractivity contribution is 5.94. The molecule has 0 bridgehead atoms. The summed E-state index contributed by atoms with van der Waals surface area (Å²) in [6.45, 7) is 9.46. The average Bonchev–Trinajstić information content (AvgIpc) is 2.89. The molecule has 0 unspecified atom stereocenters. The summed E-state index contributed by atoms with van der Waals surface area (Å²) >= 11 is 0. The van der Waals surface area contributed by atoms with Crippen molar-refractivity contribution in [1.29, 1.82) is 0 Å². The van der Waals surface area contributed by atoms with Gasteiger partial charge in [-0.15, -0.1) is 0 Å². The molecule has 0 aliphatic carbocycles. The molecule has 1 aliphatic rings. The lowest BCUT2D eigenvalue weighted by Gasteiger charge is -2.36. The Morgan fingerprint density at radius 3 is 2.20 bits per heavy atom. The lowest BCUT2D eigenvalue weighted by atomic mass is 10.1. The van der Waals surface area contributed by atoms with Crippen molar-refractivity contribution in [1.82, 2.24) is 4.90 Å². The Labute approximate surface area is 208 Å². The number of anilines is 1. The van der Waals surface area contributed by atoms with Gasteiger partial charge in [0, 0.05) is 43.0 Å². The molecule has 0 atom stereocenters. The predicted molar refractivity (Wildman–Crippen MR) is 139 cm³/mol. The SMILES string of the molecule is COc1ccc(N2CCN(C(=O)c3ccc(OC)c(COc4cc(C)cc(C)c4C)c3)CC2)cc1. The highest BCUT2D eigenvalue weighted by Gasteiger charge is 2.23. The number of piperazine rings is 1. The van der Waals surface area contributed by atoms with Crippen LogP contribution in [0.1, 0.15) is 32.6 Å². The van der Waals surface area contributed by atoms with Gasteiger partial charge in [-0.25, -0.2) is 0 Å². The number of hydrogen-bond acceptors (Lipinski definition) is 5. The molecule has 1 heterocycles. The first kappa shape index (κ1) is 24.5. The van der Waals surface area contributed by atoms with Gasteiger partial charge in [-0.2, -0.15) is 0 Å². The second-order valence-electron chi connectivity index (χ2n) is 9.00. The highest BCUT2D eigenvalue weighted by Crippen LogP contribution is 2.27. The molecule has 1 amide bonds. The summed E-state index contributed by atoms with van der Waals surface area (Å²) in [6.07, 6.45) is 0. The van der Waals surface area contributed by atoms with E-state index in [4.69, 9.17) is 14.2 Å². The maximum Gasteiger partial charge on any atom is 0.253 e. The minimum Gasteiger partial charge on any atom is -0.497 e. The molecule has 1 fully saturated rings. The van der Waals surface area contributed by atoms with Crippen LogP contribution >= 0.6 is 0 Å². The standard InChI is InChI=1S/C29H34N2O4/c1-20-16-21(2)22(3)28(17-20)35-19-24-18-23(6-11-27(24)34-5)29(32)31-14-12-30(13-15-31)25-7-9-26(33-4)10-8-25/h6-11,16-18H,12-15,19H2,1-5H3. The fourth-order valence-corrected chi connectivity index (χ4v) is 4.47. The van der Waals surface area contributed by atoms with Crippen LogP contribution in [0, 0.1) is 20.8 Å². The van der Waals surface area contributed by atoms with Gasteiger partial charge in [0.15, 0.2) is 0 Å². The number of benzene rings is 3. The van der Waals surface area contributed by atoms with Crippen molar-refractivity contribution >= 4 is 11.6 Å². The molecule has 0 radical (unpaired) electrons. The van der Waals surface area contributed by atoms with Crippen LogP contribution in [0.2, 0.25) is 0 Å². The molecular formula is C29H34N2O4. The molecule has 3 aromatic rings. The third-order valence-electron chi connectivity index (χ3n) is 6.68. The first-order valence-corrected chi connectivity index (χ1v) is 12.0. The van der Waals surface area contributed by atoms with E-state index in [9.17, 15) is 4.79 Å². The first-order chi connectivity index (χ1) is 16.9. The number of hydrogen-bond donors (Lipinski definition) is 0. The normalized spacial score (nSPS) is 13.5. The van der Waals surface area contributed by atoms with Gasteiger partial charge in [-0.05, 0) is 86.0 Å². The molecule has 6 nitrogen and oxygen atoms in total. The fraction of sp³-hybridized carbons (Fsp3) is 0.345. The van der Waals surface area contributed by atoms with Crippen LogP contribution in [0.25, 0.3) is 0 Å². The average molecular weight is 475 g/mol. The van der Waals surface area contributed by atoms with Crippen molar-refractivity contribution in [3.05, 3.63) is 82.4 Å². The number of methoxy groups -OCH3 is 2. The molecule has 1 aliphatic heterocycles. The van der Waals surface area contributed by atoms with Crippen LogP contribution in [-0.4, -0.2) is 51.2 Å². The van der Waals surface area contributed by atoms with E-state index in [1.165, 1.54) is 5.56 Å². The van der Waals surface area contributed by atoms with Crippen molar-refractivity contribution in [3.63, 3.8) is 0 Å². The summed E-state index contributed by atoms with van der Waals surface area (Å²) < 4.78 is 17.0. The van der Waals surface area contributed by atoms with Crippen molar-refractivity contribution < 1.29 is 19.0 Å². The second-order valence-corrected chi connectivity index (χ2v) is 9.00. The molecule has 1 saturated heterocycles. The summed E-state index contributed by atoms with van der Waals surface area (Å²) in [4.78, 5) is 17.5. The van der Waals surface area contributed by atoms with Gasteiger partial charge in [0.2, 0.25) is 0 Å². The number of nitrogens with zero attached hydrogens (tertiary/aromatic N) is 2. The molecule has 0 spiro atoms. The van der Waals surface area contributed by atoms with E-state index in [0.717, 1.165) is 47.0 Å². The smallest absolute Gasteiger partial charge is 0.253 e. The summed E-state index contributed by atoms with van der Waals surface area (Å²) in [5, 5.41) is 0. The molecule has 0 saturated carbocycles. The summed E-state index contributed by atoms with van der Waals surface area (Å²) in [5.41, 5.74) is 6.13. The number of aryl methyl sites for hydroxylation is 2. The zero-order valence-corrected chi connectivity index (χ0v) is 21.3. The summed E-state index contributed by atoms with van der Waals surface area (Å²) in [6, 6.07) is 17.8. The van der Waals surface area contributed by atoms with Gasteiger partial charge < -0.3 is 24.0 Å². The lowest BCUT2D eigenvalue weighted by molar-refractivity contribution is 0.0746. The highest BCUT2D eigenvalue weighted by atomic mass is 16.5. The van der Waals surface area contributed by atoms with Crippen LogP contribution in [0.5, 0.6) is 17.2 Å².